The molecular weight excluding hydrogens is 378 g/mol. The van der Waals surface area contributed by atoms with Crippen molar-refractivity contribution < 1.29 is 19.8 Å². The van der Waals surface area contributed by atoms with Gasteiger partial charge in [0, 0.05) is 0 Å². The molecule has 0 saturated heterocycles. The van der Waals surface area contributed by atoms with E-state index in [2.05, 4.69) is 24.8 Å². The molecule has 0 spiro atoms. The number of aliphatic carboxylic acids is 1. The van der Waals surface area contributed by atoms with Crippen molar-refractivity contribution in [3.05, 3.63) is 12.2 Å². The number of nitrogens with two attached hydrogens (primary N) is 1. The second kappa shape index (κ2) is 19.6. The van der Waals surface area contributed by atoms with Gasteiger partial charge in [0.15, 0.2) is 0 Å². The first-order valence-electron chi connectivity index (χ1n) is 12.0. The molecule has 0 aliphatic heterocycles. The summed E-state index contributed by atoms with van der Waals surface area (Å²) in [5, 5.41) is 16.3. The van der Waals surface area contributed by atoms with Crippen molar-refractivity contribution in [1.82, 2.24) is 0 Å². The van der Waals surface area contributed by atoms with Crippen molar-refractivity contribution in [2.45, 2.75) is 117 Å². The lowest BCUT2D eigenvalue weighted by atomic mass is 9.81. The van der Waals surface area contributed by atoms with E-state index in [1.165, 1.54) is 58.4 Å². The number of hydrogen-bond donors (Lipinski definition) is 3. The smallest absolute Gasteiger partial charge is 0.309 e. The van der Waals surface area contributed by atoms with E-state index >= 15 is 0 Å². The Morgan fingerprint density at radius 1 is 0.867 bits per heavy atom. The van der Waals surface area contributed by atoms with Crippen LogP contribution in [0.3, 0.4) is 0 Å². The van der Waals surface area contributed by atoms with Crippen molar-refractivity contribution in [2.24, 2.45) is 16.6 Å². The first kappa shape index (κ1) is 30.8. The fraction of sp³-hybridized carbons (Fsp3) is 0.840. The van der Waals surface area contributed by atoms with Crippen LogP contribution in [0.4, 0.5) is 0 Å². The second-order valence-electron chi connectivity index (χ2n) is 8.53. The third-order valence-corrected chi connectivity index (χ3v) is 6.42. The molecule has 4 N–H and O–H groups in total. The summed E-state index contributed by atoms with van der Waals surface area (Å²) in [6.45, 7) is 6.22. The van der Waals surface area contributed by atoms with Gasteiger partial charge in [0.25, 0.3) is 6.47 Å². The van der Waals surface area contributed by atoms with Gasteiger partial charge in [0.1, 0.15) is 0 Å². The van der Waals surface area contributed by atoms with Gasteiger partial charge in [-0.1, -0.05) is 65.0 Å². The zero-order chi connectivity index (χ0) is 23.3. The van der Waals surface area contributed by atoms with Gasteiger partial charge >= 0.3 is 5.97 Å². The average Bonchev–Trinajstić information content (AvgIpc) is 3.41. The van der Waals surface area contributed by atoms with E-state index in [-0.39, 0.29) is 11.9 Å². The molecule has 5 nitrogen and oxygen atoms in total. The molecule has 0 atom stereocenters. The van der Waals surface area contributed by atoms with E-state index in [0.717, 1.165) is 44.9 Å². The summed E-state index contributed by atoms with van der Waals surface area (Å²) in [6.07, 6.45) is 22.6. The summed E-state index contributed by atoms with van der Waals surface area (Å²) in [6, 6.07) is 0. The zero-order valence-electron chi connectivity index (χ0n) is 20.1. The van der Waals surface area contributed by atoms with Crippen LogP contribution in [-0.4, -0.2) is 29.7 Å². The molecule has 178 valence electrons. The maximum Gasteiger partial charge on any atom is 0.309 e. The van der Waals surface area contributed by atoms with E-state index in [0.29, 0.717) is 5.41 Å². The van der Waals surface area contributed by atoms with Gasteiger partial charge in [-0.15, -0.1) is 0 Å². The summed E-state index contributed by atoms with van der Waals surface area (Å²) >= 11 is 0. The van der Waals surface area contributed by atoms with Gasteiger partial charge in [-0.05, 0) is 76.7 Å². The fourth-order valence-electron chi connectivity index (χ4n) is 4.71. The summed E-state index contributed by atoms with van der Waals surface area (Å²) < 4.78 is 0. The van der Waals surface area contributed by atoms with Crippen LogP contribution in [0, 0.1) is 10.8 Å². The van der Waals surface area contributed by atoms with Crippen LogP contribution < -0.4 is 5.73 Å². The number of allylic oxidation sites excluding steroid dienone is 2. The maximum absolute atomic E-state index is 11.5. The number of carboxylic acid groups (broad SMARTS) is 2. The Kier molecular flexibility index (Phi) is 20.1. The minimum absolute atomic E-state index is 0.250. The van der Waals surface area contributed by atoms with Crippen LogP contribution in [-0.2, 0) is 9.59 Å². The Balaban J connectivity index is 0. The standard InChI is InChI=1S/C21H36O2.C2H6.CH5N.CH2O2/c1-20(14-9-10-15-20)13-7-5-3-2-4-6-8-16-21(19(22)23)17-11-12-18-21;2*1-2;2-1-3/h2,4H,3,5-18H2,1H3,(H,22,23);1-2H3;2H2,1H3;1H,(H,2,3)/b4-2-;;;. The highest BCUT2D eigenvalue weighted by Gasteiger charge is 2.40. The predicted molar refractivity (Wildman–Crippen MR) is 127 cm³/mol. The Morgan fingerprint density at radius 2 is 1.30 bits per heavy atom. The molecule has 0 aromatic heterocycles. The average molecular weight is 428 g/mol. The quantitative estimate of drug-likeness (QED) is 0.202. The van der Waals surface area contributed by atoms with E-state index < -0.39 is 5.97 Å². The van der Waals surface area contributed by atoms with E-state index in [9.17, 15) is 9.90 Å². The summed E-state index contributed by atoms with van der Waals surface area (Å²) in [5.74, 6) is -0.556. The van der Waals surface area contributed by atoms with Crippen LogP contribution in [0.2, 0.25) is 0 Å². The van der Waals surface area contributed by atoms with Crippen LogP contribution in [0.5, 0.6) is 0 Å². The lowest BCUT2D eigenvalue weighted by Gasteiger charge is -2.23. The Morgan fingerprint density at radius 3 is 1.77 bits per heavy atom. The van der Waals surface area contributed by atoms with Gasteiger partial charge in [-0.3, -0.25) is 9.59 Å². The van der Waals surface area contributed by atoms with Crippen molar-refractivity contribution in [2.75, 3.05) is 7.05 Å². The first-order chi connectivity index (χ1) is 14.5. The summed E-state index contributed by atoms with van der Waals surface area (Å²) in [7, 11) is 1.50. The third-order valence-electron chi connectivity index (χ3n) is 6.42. The van der Waals surface area contributed by atoms with E-state index in [1.54, 1.807) is 0 Å². The SMILES string of the molecule is CC.CC1(CCCC/C=C\CCCC2(C(=O)O)CCCC2)CCCC1.CN.O=CO. The zero-order valence-corrected chi connectivity index (χ0v) is 20.1. The Bertz CT molecular complexity index is 436. The highest BCUT2D eigenvalue weighted by atomic mass is 16.4. The molecule has 0 unspecified atom stereocenters. The number of carbonyl (C=O) groups is 2. The van der Waals surface area contributed by atoms with E-state index in [4.69, 9.17) is 9.90 Å². The van der Waals surface area contributed by atoms with Crippen molar-refractivity contribution in [3.8, 4) is 0 Å². The molecule has 2 saturated carbocycles. The minimum Gasteiger partial charge on any atom is -0.483 e. The van der Waals surface area contributed by atoms with Gasteiger partial charge in [0.2, 0.25) is 0 Å². The van der Waals surface area contributed by atoms with Gasteiger partial charge < -0.3 is 15.9 Å². The number of rotatable bonds is 10. The molecule has 2 fully saturated rings. The minimum atomic E-state index is -0.556. The molecule has 5 heteroatoms. The first-order valence-corrected chi connectivity index (χ1v) is 12.0. The molecule has 2 rings (SSSR count). The summed E-state index contributed by atoms with van der Waals surface area (Å²) in [4.78, 5) is 19.8. The molecule has 0 heterocycles. The lowest BCUT2D eigenvalue weighted by Crippen LogP contribution is -2.27. The number of carboxylic acids is 1. The molecule has 0 bridgehead atoms. The molecule has 0 amide bonds. The second-order valence-corrected chi connectivity index (χ2v) is 8.53. The summed E-state index contributed by atoms with van der Waals surface area (Å²) in [5.41, 5.74) is 4.76. The molecule has 2 aliphatic carbocycles. The topological polar surface area (TPSA) is 101 Å². The Labute approximate surface area is 185 Å². The maximum atomic E-state index is 11.5. The van der Waals surface area contributed by atoms with Crippen molar-refractivity contribution >= 4 is 12.4 Å². The monoisotopic (exact) mass is 427 g/mol. The number of unbranched alkanes of at least 4 members (excludes halogenated alkanes) is 3. The van der Waals surface area contributed by atoms with Crippen LogP contribution in [0.25, 0.3) is 0 Å². The fourth-order valence-corrected chi connectivity index (χ4v) is 4.71. The van der Waals surface area contributed by atoms with E-state index in [1.807, 2.05) is 13.8 Å². The normalized spacial score (nSPS) is 18.3. The predicted octanol–water partition coefficient (Wildman–Crippen LogP) is 6.80. The van der Waals surface area contributed by atoms with Crippen LogP contribution in [0.15, 0.2) is 12.2 Å². The van der Waals surface area contributed by atoms with Gasteiger partial charge in [0.05, 0.1) is 5.41 Å². The van der Waals surface area contributed by atoms with Crippen molar-refractivity contribution in [3.63, 3.8) is 0 Å². The van der Waals surface area contributed by atoms with Crippen LogP contribution >= 0.6 is 0 Å². The highest BCUT2D eigenvalue weighted by Crippen LogP contribution is 2.43. The van der Waals surface area contributed by atoms with Crippen LogP contribution in [0.1, 0.15) is 117 Å². The lowest BCUT2D eigenvalue weighted by molar-refractivity contribution is -0.149. The molecule has 0 aromatic carbocycles. The van der Waals surface area contributed by atoms with Crippen molar-refractivity contribution in [1.29, 1.82) is 0 Å². The molecule has 2 aliphatic rings. The largest absolute Gasteiger partial charge is 0.483 e. The highest BCUT2D eigenvalue weighted by molar-refractivity contribution is 5.74. The van der Waals surface area contributed by atoms with Gasteiger partial charge in [-0.25, -0.2) is 0 Å². The molecule has 0 aromatic rings. The third kappa shape index (κ3) is 13.0. The Hall–Kier alpha value is -1.36. The number of hydrogen-bond acceptors (Lipinski definition) is 3. The van der Waals surface area contributed by atoms with Gasteiger partial charge in [-0.2, -0.15) is 0 Å². The molecular formula is C25H49NO4. The molecule has 30 heavy (non-hydrogen) atoms. The molecule has 0 radical (unpaired) electrons.